The van der Waals surface area contributed by atoms with Gasteiger partial charge in [0.25, 0.3) is 0 Å². The van der Waals surface area contributed by atoms with Gasteiger partial charge in [-0.05, 0) is 32.3 Å². The van der Waals surface area contributed by atoms with Gasteiger partial charge >= 0.3 is 0 Å². The average molecular weight is 322 g/mol. The summed E-state index contributed by atoms with van der Waals surface area (Å²) in [5.41, 5.74) is 1.02. The Morgan fingerprint density at radius 2 is 1.76 bits per heavy atom. The fourth-order valence-corrected chi connectivity index (χ4v) is 2.04. The highest BCUT2D eigenvalue weighted by atomic mass is 35.5. The van der Waals surface area contributed by atoms with Crippen LogP contribution in [0.3, 0.4) is 0 Å². The van der Waals surface area contributed by atoms with E-state index in [2.05, 4.69) is 4.90 Å². The Labute approximate surface area is 135 Å². The van der Waals surface area contributed by atoms with Crippen LogP contribution in [0.2, 0.25) is 10.0 Å². The predicted octanol–water partition coefficient (Wildman–Crippen LogP) is 4.97. The lowest BCUT2D eigenvalue weighted by Gasteiger charge is -2.13. The summed E-state index contributed by atoms with van der Waals surface area (Å²) in [6, 6.07) is 15.2. The molecule has 0 heterocycles. The minimum absolute atomic E-state index is 0.481. The van der Waals surface area contributed by atoms with Gasteiger partial charge in [0, 0.05) is 18.2 Å². The monoisotopic (exact) mass is 321 g/mol. The van der Waals surface area contributed by atoms with Crippen LogP contribution >= 0.6 is 23.2 Å². The van der Waals surface area contributed by atoms with Crippen LogP contribution in [0.1, 0.15) is 5.56 Å². The normalized spacial score (nSPS) is 11.8. The maximum absolute atomic E-state index is 6.03. The standard InChI is InChI=1S/C17H17Cl2NO/c1-20(2)11-10-17(13-6-4-3-5-7-13)21-14-8-9-15(18)16(19)12-14/h3-10,12H,11H2,1-2H3. The van der Waals surface area contributed by atoms with E-state index in [-0.39, 0.29) is 0 Å². The number of hydrogen-bond acceptors (Lipinski definition) is 2. The van der Waals surface area contributed by atoms with Crippen LogP contribution in [-0.2, 0) is 0 Å². The van der Waals surface area contributed by atoms with Crippen LogP contribution in [-0.4, -0.2) is 25.5 Å². The molecule has 0 bridgehead atoms. The zero-order valence-corrected chi connectivity index (χ0v) is 13.5. The fraction of sp³-hybridized carbons (Fsp3) is 0.176. The molecule has 0 aliphatic carbocycles. The lowest BCUT2D eigenvalue weighted by Crippen LogP contribution is -2.12. The van der Waals surface area contributed by atoms with Crippen molar-refractivity contribution < 1.29 is 4.74 Å². The smallest absolute Gasteiger partial charge is 0.131 e. The van der Waals surface area contributed by atoms with E-state index in [1.807, 2.05) is 50.5 Å². The molecule has 2 aromatic carbocycles. The van der Waals surface area contributed by atoms with Crippen molar-refractivity contribution in [3.05, 3.63) is 70.2 Å². The highest BCUT2D eigenvalue weighted by molar-refractivity contribution is 6.42. The number of hydrogen-bond donors (Lipinski definition) is 0. The molecular formula is C17H17Cl2NO. The first kappa shape index (κ1) is 15.9. The Morgan fingerprint density at radius 3 is 2.38 bits per heavy atom. The lowest BCUT2D eigenvalue weighted by atomic mass is 10.2. The molecule has 2 rings (SSSR count). The third kappa shape index (κ3) is 4.78. The Balaban J connectivity index is 2.27. The molecule has 0 spiro atoms. The molecule has 0 amide bonds. The van der Waals surface area contributed by atoms with Gasteiger partial charge in [-0.1, -0.05) is 53.5 Å². The van der Waals surface area contributed by atoms with Crippen molar-refractivity contribution in [2.75, 3.05) is 20.6 Å². The van der Waals surface area contributed by atoms with Crippen LogP contribution in [0.15, 0.2) is 54.6 Å². The van der Waals surface area contributed by atoms with Crippen LogP contribution in [0, 0.1) is 0 Å². The third-order valence-electron chi connectivity index (χ3n) is 2.82. The van der Waals surface area contributed by atoms with E-state index < -0.39 is 0 Å². The van der Waals surface area contributed by atoms with Gasteiger partial charge in [0.05, 0.1) is 10.0 Å². The molecule has 2 aromatic rings. The van der Waals surface area contributed by atoms with Crippen molar-refractivity contribution in [1.29, 1.82) is 0 Å². The van der Waals surface area contributed by atoms with Gasteiger partial charge in [-0.3, -0.25) is 0 Å². The van der Waals surface area contributed by atoms with Crippen LogP contribution in [0.5, 0.6) is 5.75 Å². The zero-order chi connectivity index (χ0) is 15.2. The molecule has 0 atom stereocenters. The molecule has 21 heavy (non-hydrogen) atoms. The Bertz CT molecular complexity index is 624. The summed E-state index contributed by atoms with van der Waals surface area (Å²) < 4.78 is 5.98. The largest absolute Gasteiger partial charge is 0.457 e. The molecule has 4 heteroatoms. The molecule has 0 fully saturated rings. The van der Waals surface area contributed by atoms with Gasteiger partial charge in [0.1, 0.15) is 11.5 Å². The summed E-state index contributed by atoms with van der Waals surface area (Å²) in [7, 11) is 4.02. The molecule has 0 aromatic heterocycles. The first-order valence-electron chi connectivity index (χ1n) is 6.59. The van der Waals surface area contributed by atoms with Crippen molar-refractivity contribution in [2.45, 2.75) is 0 Å². The molecular weight excluding hydrogens is 305 g/mol. The van der Waals surface area contributed by atoms with Crippen molar-refractivity contribution in [2.24, 2.45) is 0 Å². The first-order valence-corrected chi connectivity index (χ1v) is 7.35. The van der Waals surface area contributed by atoms with E-state index in [0.717, 1.165) is 17.9 Å². The van der Waals surface area contributed by atoms with Gasteiger partial charge in [-0.2, -0.15) is 0 Å². The second-order valence-corrected chi connectivity index (χ2v) is 5.69. The molecule has 0 unspecified atom stereocenters. The summed E-state index contributed by atoms with van der Waals surface area (Å²) in [6.45, 7) is 0.783. The summed E-state index contributed by atoms with van der Waals surface area (Å²) >= 11 is 12.0. The van der Waals surface area contributed by atoms with Gasteiger partial charge in [-0.25, -0.2) is 0 Å². The van der Waals surface area contributed by atoms with Gasteiger partial charge in [0.15, 0.2) is 0 Å². The number of nitrogens with zero attached hydrogens (tertiary/aromatic N) is 1. The molecule has 0 aliphatic rings. The minimum Gasteiger partial charge on any atom is -0.457 e. The van der Waals surface area contributed by atoms with Gasteiger partial charge < -0.3 is 9.64 Å². The lowest BCUT2D eigenvalue weighted by molar-refractivity contribution is 0.448. The topological polar surface area (TPSA) is 12.5 Å². The Hall–Kier alpha value is -1.48. The number of halogens is 2. The Kier molecular flexibility index (Phi) is 5.68. The number of benzene rings is 2. The molecule has 0 N–H and O–H groups in total. The van der Waals surface area contributed by atoms with Crippen LogP contribution in [0.25, 0.3) is 5.76 Å². The highest BCUT2D eigenvalue weighted by Gasteiger charge is 2.06. The summed E-state index contributed by atoms with van der Waals surface area (Å²) in [5, 5.41) is 0.997. The number of likely N-dealkylation sites (N-methyl/N-ethyl adjacent to an activating group) is 1. The van der Waals surface area contributed by atoms with E-state index in [1.165, 1.54) is 0 Å². The SMILES string of the molecule is CN(C)CC=C(Oc1ccc(Cl)c(Cl)c1)c1ccccc1. The second-order valence-electron chi connectivity index (χ2n) is 4.87. The molecule has 0 saturated carbocycles. The highest BCUT2D eigenvalue weighted by Crippen LogP contribution is 2.29. The van der Waals surface area contributed by atoms with Crippen molar-refractivity contribution in [3.63, 3.8) is 0 Å². The molecule has 2 nitrogen and oxygen atoms in total. The maximum atomic E-state index is 6.03. The average Bonchev–Trinajstić information content (AvgIpc) is 2.48. The van der Waals surface area contributed by atoms with Crippen molar-refractivity contribution >= 4 is 29.0 Å². The molecule has 0 saturated heterocycles. The van der Waals surface area contributed by atoms with E-state index in [9.17, 15) is 0 Å². The number of rotatable bonds is 5. The molecule has 0 aliphatic heterocycles. The number of ether oxygens (including phenoxy) is 1. The summed E-state index contributed by atoms with van der Waals surface area (Å²) in [6.07, 6.45) is 2.04. The van der Waals surface area contributed by atoms with Crippen LogP contribution < -0.4 is 4.74 Å². The minimum atomic E-state index is 0.481. The van der Waals surface area contributed by atoms with E-state index in [0.29, 0.717) is 15.8 Å². The van der Waals surface area contributed by atoms with Crippen LogP contribution in [0.4, 0.5) is 0 Å². The Morgan fingerprint density at radius 1 is 1.05 bits per heavy atom. The van der Waals surface area contributed by atoms with Crippen molar-refractivity contribution in [3.8, 4) is 5.75 Å². The maximum Gasteiger partial charge on any atom is 0.131 e. The first-order chi connectivity index (χ1) is 10.1. The quantitative estimate of drug-likeness (QED) is 0.720. The van der Waals surface area contributed by atoms with E-state index in [1.54, 1.807) is 18.2 Å². The summed E-state index contributed by atoms with van der Waals surface area (Å²) in [4.78, 5) is 2.07. The van der Waals surface area contributed by atoms with Gasteiger partial charge in [0.2, 0.25) is 0 Å². The zero-order valence-electron chi connectivity index (χ0n) is 12.0. The molecule has 0 radical (unpaired) electrons. The second kappa shape index (κ2) is 7.51. The van der Waals surface area contributed by atoms with Gasteiger partial charge in [-0.15, -0.1) is 0 Å². The van der Waals surface area contributed by atoms with Crippen molar-refractivity contribution in [1.82, 2.24) is 4.90 Å². The fourth-order valence-electron chi connectivity index (χ4n) is 1.75. The van der Waals surface area contributed by atoms with E-state index >= 15 is 0 Å². The van der Waals surface area contributed by atoms with E-state index in [4.69, 9.17) is 27.9 Å². The third-order valence-corrected chi connectivity index (χ3v) is 3.56. The predicted molar refractivity (Wildman–Crippen MR) is 90.1 cm³/mol. The summed E-state index contributed by atoms with van der Waals surface area (Å²) in [5.74, 6) is 1.46. The molecule has 110 valence electrons.